The van der Waals surface area contributed by atoms with Crippen LogP contribution in [0, 0.1) is 5.82 Å². The first-order chi connectivity index (χ1) is 8.36. The number of ether oxygens (including phenoxy) is 1. The summed E-state index contributed by atoms with van der Waals surface area (Å²) in [5.74, 6) is -0.675. The van der Waals surface area contributed by atoms with Gasteiger partial charge in [0.2, 0.25) is 10.0 Å². The molecule has 0 bridgehead atoms. The van der Waals surface area contributed by atoms with Crippen LogP contribution >= 0.6 is 0 Å². The molecule has 0 amide bonds. The lowest BCUT2D eigenvalue weighted by Crippen LogP contribution is -2.14. The SMILES string of the molecule is CS(=O)(=O)Nc1cc(C2(OC=O)CC2)ccc1F. The molecule has 98 valence electrons. The van der Waals surface area contributed by atoms with Crippen molar-refractivity contribution in [1.82, 2.24) is 0 Å². The van der Waals surface area contributed by atoms with Crippen LogP contribution in [0.5, 0.6) is 0 Å². The Kier molecular flexibility index (Phi) is 3.02. The summed E-state index contributed by atoms with van der Waals surface area (Å²) in [6, 6.07) is 3.99. The molecule has 0 heterocycles. The molecule has 0 saturated heterocycles. The second-order valence-electron chi connectivity index (χ2n) is 4.28. The van der Waals surface area contributed by atoms with Gasteiger partial charge in [0.25, 0.3) is 6.47 Å². The second-order valence-corrected chi connectivity index (χ2v) is 6.03. The number of carbonyl (C=O) groups is 1. The van der Waals surface area contributed by atoms with Gasteiger partial charge in [0.1, 0.15) is 11.4 Å². The van der Waals surface area contributed by atoms with Crippen molar-refractivity contribution in [1.29, 1.82) is 0 Å². The first-order valence-electron chi connectivity index (χ1n) is 5.26. The minimum atomic E-state index is -3.55. The summed E-state index contributed by atoms with van der Waals surface area (Å²) in [5.41, 5.74) is -0.276. The predicted molar refractivity (Wildman–Crippen MR) is 62.9 cm³/mol. The lowest BCUT2D eigenvalue weighted by Gasteiger charge is -2.15. The number of benzene rings is 1. The van der Waals surface area contributed by atoms with Crippen molar-refractivity contribution in [2.75, 3.05) is 11.0 Å². The Morgan fingerprint density at radius 3 is 2.61 bits per heavy atom. The summed E-state index contributed by atoms with van der Waals surface area (Å²) in [4.78, 5) is 10.4. The van der Waals surface area contributed by atoms with Gasteiger partial charge in [-0.05, 0) is 30.5 Å². The topological polar surface area (TPSA) is 72.5 Å². The zero-order valence-electron chi connectivity index (χ0n) is 9.64. The van der Waals surface area contributed by atoms with Gasteiger partial charge in [-0.3, -0.25) is 9.52 Å². The lowest BCUT2D eigenvalue weighted by molar-refractivity contribution is -0.136. The summed E-state index contributed by atoms with van der Waals surface area (Å²) < 4.78 is 42.7. The summed E-state index contributed by atoms with van der Waals surface area (Å²) >= 11 is 0. The van der Waals surface area contributed by atoms with Gasteiger partial charge in [0, 0.05) is 0 Å². The highest BCUT2D eigenvalue weighted by atomic mass is 32.2. The van der Waals surface area contributed by atoms with Crippen LogP contribution in [0.1, 0.15) is 18.4 Å². The first-order valence-corrected chi connectivity index (χ1v) is 7.15. The second kappa shape index (κ2) is 4.24. The average Bonchev–Trinajstić information content (AvgIpc) is 3.01. The molecule has 1 aromatic rings. The monoisotopic (exact) mass is 273 g/mol. The third kappa shape index (κ3) is 2.61. The summed E-state index contributed by atoms with van der Waals surface area (Å²) in [6.07, 6.45) is 2.24. The Morgan fingerprint density at radius 2 is 2.11 bits per heavy atom. The molecule has 1 aliphatic rings. The van der Waals surface area contributed by atoms with Crippen LogP contribution in [-0.2, 0) is 25.2 Å². The first kappa shape index (κ1) is 12.8. The lowest BCUT2D eigenvalue weighted by atomic mass is 10.1. The van der Waals surface area contributed by atoms with Gasteiger partial charge >= 0.3 is 0 Å². The highest BCUT2D eigenvalue weighted by molar-refractivity contribution is 7.92. The number of nitrogens with one attached hydrogen (secondary N) is 1. The Labute approximate surface area is 104 Å². The van der Waals surface area contributed by atoms with Crippen LogP contribution in [0.2, 0.25) is 0 Å². The van der Waals surface area contributed by atoms with E-state index in [0.717, 1.165) is 12.3 Å². The van der Waals surface area contributed by atoms with Gasteiger partial charge in [0.05, 0.1) is 11.9 Å². The minimum Gasteiger partial charge on any atom is -0.456 e. The van der Waals surface area contributed by atoms with E-state index in [9.17, 15) is 17.6 Å². The van der Waals surface area contributed by atoms with Crippen molar-refractivity contribution in [3.05, 3.63) is 29.6 Å². The number of hydrogen-bond acceptors (Lipinski definition) is 4. The normalized spacial score (nSPS) is 17.0. The third-order valence-corrected chi connectivity index (χ3v) is 3.36. The van der Waals surface area contributed by atoms with Crippen molar-refractivity contribution in [2.24, 2.45) is 0 Å². The third-order valence-electron chi connectivity index (χ3n) is 2.77. The van der Waals surface area contributed by atoms with Gasteiger partial charge < -0.3 is 4.74 Å². The molecule has 1 aromatic carbocycles. The molecule has 0 spiro atoms. The number of sulfonamides is 1. The van der Waals surface area contributed by atoms with E-state index in [2.05, 4.69) is 4.72 Å². The molecule has 7 heteroatoms. The molecule has 0 aliphatic heterocycles. The molecule has 0 aromatic heterocycles. The Morgan fingerprint density at radius 1 is 1.44 bits per heavy atom. The van der Waals surface area contributed by atoms with Crippen LogP contribution < -0.4 is 4.72 Å². The molecule has 0 unspecified atom stereocenters. The van der Waals surface area contributed by atoms with E-state index in [1.807, 2.05) is 0 Å². The number of carbonyl (C=O) groups excluding carboxylic acids is 1. The maximum atomic E-state index is 13.5. The van der Waals surface area contributed by atoms with Gasteiger partial charge in [-0.15, -0.1) is 0 Å². The van der Waals surface area contributed by atoms with Gasteiger partial charge in [-0.2, -0.15) is 0 Å². The number of anilines is 1. The summed E-state index contributed by atoms with van der Waals surface area (Å²) in [6.45, 7) is 0.347. The maximum Gasteiger partial charge on any atom is 0.293 e. The Hall–Kier alpha value is -1.63. The average molecular weight is 273 g/mol. The van der Waals surface area contributed by atoms with Gasteiger partial charge in [0.15, 0.2) is 0 Å². The Balaban J connectivity index is 2.35. The van der Waals surface area contributed by atoms with Crippen LogP contribution in [0.4, 0.5) is 10.1 Å². The van der Waals surface area contributed by atoms with E-state index in [4.69, 9.17) is 4.74 Å². The largest absolute Gasteiger partial charge is 0.456 e. The summed E-state index contributed by atoms with van der Waals surface area (Å²) in [5, 5.41) is 0. The molecule has 1 aliphatic carbocycles. The fraction of sp³-hybridized carbons (Fsp3) is 0.364. The maximum absolute atomic E-state index is 13.5. The molecular weight excluding hydrogens is 261 g/mol. The van der Waals surface area contributed by atoms with Crippen molar-refractivity contribution < 1.29 is 22.3 Å². The number of hydrogen-bond donors (Lipinski definition) is 1. The van der Waals surface area contributed by atoms with Gasteiger partial charge in [-0.1, -0.05) is 6.07 Å². The number of rotatable bonds is 5. The van der Waals surface area contributed by atoms with Crippen molar-refractivity contribution in [3.63, 3.8) is 0 Å². The molecular formula is C11H12FNO4S. The van der Waals surface area contributed by atoms with E-state index < -0.39 is 21.4 Å². The fourth-order valence-electron chi connectivity index (χ4n) is 1.77. The van der Waals surface area contributed by atoms with Gasteiger partial charge in [-0.25, -0.2) is 12.8 Å². The van der Waals surface area contributed by atoms with E-state index >= 15 is 0 Å². The van der Waals surface area contributed by atoms with E-state index in [-0.39, 0.29) is 5.69 Å². The van der Waals surface area contributed by atoms with E-state index in [1.165, 1.54) is 12.1 Å². The molecule has 1 fully saturated rings. The smallest absolute Gasteiger partial charge is 0.293 e. The molecule has 18 heavy (non-hydrogen) atoms. The molecule has 0 atom stereocenters. The molecule has 2 rings (SSSR count). The van der Waals surface area contributed by atoms with Crippen molar-refractivity contribution in [3.8, 4) is 0 Å². The van der Waals surface area contributed by atoms with Crippen molar-refractivity contribution >= 4 is 22.2 Å². The van der Waals surface area contributed by atoms with Crippen molar-refractivity contribution in [2.45, 2.75) is 18.4 Å². The molecule has 1 saturated carbocycles. The number of halogens is 1. The predicted octanol–water partition coefficient (Wildman–Crippen LogP) is 1.36. The van der Waals surface area contributed by atoms with Crippen LogP contribution in [0.25, 0.3) is 0 Å². The standard InChI is InChI=1S/C11H12FNO4S/c1-18(15,16)13-10-6-8(2-3-9(10)12)11(4-5-11)17-7-14/h2-3,6-7,13H,4-5H2,1H3. The van der Waals surface area contributed by atoms with Crippen LogP contribution in [0.15, 0.2) is 18.2 Å². The van der Waals surface area contributed by atoms with E-state index in [1.54, 1.807) is 0 Å². The zero-order chi connectivity index (χ0) is 13.4. The molecule has 1 N–H and O–H groups in total. The molecule has 0 radical (unpaired) electrons. The minimum absolute atomic E-state index is 0.143. The zero-order valence-corrected chi connectivity index (χ0v) is 10.5. The molecule has 5 nitrogen and oxygen atoms in total. The van der Waals surface area contributed by atoms with Crippen LogP contribution in [-0.4, -0.2) is 21.1 Å². The summed E-state index contributed by atoms with van der Waals surface area (Å²) in [7, 11) is -3.55. The van der Waals surface area contributed by atoms with Crippen LogP contribution in [0.3, 0.4) is 0 Å². The highest BCUT2D eigenvalue weighted by Gasteiger charge is 2.47. The highest BCUT2D eigenvalue weighted by Crippen LogP contribution is 2.49. The van der Waals surface area contributed by atoms with E-state index in [0.29, 0.717) is 24.9 Å². The quantitative estimate of drug-likeness (QED) is 0.822. The Bertz CT molecular complexity index is 581. The fourth-order valence-corrected chi connectivity index (χ4v) is 2.32.